The maximum absolute atomic E-state index is 12.8. The van der Waals surface area contributed by atoms with Crippen molar-refractivity contribution in [3.63, 3.8) is 0 Å². The van der Waals surface area contributed by atoms with Crippen molar-refractivity contribution >= 4 is 17.9 Å². The van der Waals surface area contributed by atoms with E-state index in [1.54, 1.807) is 0 Å². The number of hydrogen-bond acceptors (Lipinski definition) is 6. The van der Waals surface area contributed by atoms with Crippen LogP contribution < -0.4 is 0 Å². The second-order valence-corrected chi connectivity index (χ2v) is 16.3. The van der Waals surface area contributed by atoms with Gasteiger partial charge >= 0.3 is 17.9 Å². The summed E-state index contributed by atoms with van der Waals surface area (Å²) in [6, 6.07) is 0. The number of carbonyl (C=O) groups is 3. The van der Waals surface area contributed by atoms with Gasteiger partial charge < -0.3 is 14.2 Å². The second kappa shape index (κ2) is 47.1. The van der Waals surface area contributed by atoms with Gasteiger partial charge in [-0.2, -0.15) is 0 Å². The summed E-state index contributed by atoms with van der Waals surface area (Å²) in [5.41, 5.74) is 0. The molecule has 6 heteroatoms. The molecule has 0 aromatic rings. The molecule has 0 radical (unpaired) electrons. The largest absolute Gasteiger partial charge is 0.462 e. The second-order valence-electron chi connectivity index (χ2n) is 16.3. The molecular weight excluding hydrogens is 721 g/mol. The summed E-state index contributed by atoms with van der Waals surface area (Å²) in [6.45, 7) is 6.49. The Bertz CT molecular complexity index is 1030. The van der Waals surface area contributed by atoms with Crippen LogP contribution in [0.1, 0.15) is 245 Å². The van der Waals surface area contributed by atoms with E-state index in [-0.39, 0.29) is 31.1 Å². The van der Waals surface area contributed by atoms with Crippen LogP contribution in [-0.2, 0) is 28.6 Å². The highest BCUT2D eigenvalue weighted by Crippen LogP contribution is 2.14. The molecule has 0 saturated carbocycles. The summed E-state index contributed by atoms with van der Waals surface area (Å²) in [6.07, 6.45) is 55.2. The molecular formula is C52H92O6. The highest BCUT2D eigenvalue weighted by atomic mass is 16.6. The number of unbranched alkanes of at least 4 members (excludes halogenated alkanes) is 25. The minimum atomic E-state index is -0.786. The maximum Gasteiger partial charge on any atom is 0.306 e. The number of rotatable bonds is 44. The van der Waals surface area contributed by atoms with E-state index in [1.807, 2.05) is 0 Å². The Morgan fingerprint density at radius 1 is 0.362 bits per heavy atom. The quantitative estimate of drug-likeness (QED) is 0.0264. The van der Waals surface area contributed by atoms with Crippen LogP contribution in [-0.4, -0.2) is 37.2 Å². The van der Waals surface area contributed by atoms with Gasteiger partial charge in [0.05, 0.1) is 0 Å². The third-order valence-electron chi connectivity index (χ3n) is 10.6. The third kappa shape index (κ3) is 44.5. The Kier molecular flexibility index (Phi) is 44.9. The molecule has 0 heterocycles. The van der Waals surface area contributed by atoms with E-state index >= 15 is 0 Å². The van der Waals surface area contributed by atoms with Gasteiger partial charge in [-0.1, -0.05) is 198 Å². The van der Waals surface area contributed by atoms with Crippen LogP contribution in [0.15, 0.2) is 48.6 Å². The zero-order valence-electron chi connectivity index (χ0n) is 38.3. The first-order valence-electron chi connectivity index (χ1n) is 24.6. The summed E-state index contributed by atoms with van der Waals surface area (Å²) in [7, 11) is 0. The Labute approximate surface area is 358 Å². The fourth-order valence-corrected chi connectivity index (χ4v) is 6.86. The number of esters is 3. The molecule has 0 N–H and O–H groups in total. The van der Waals surface area contributed by atoms with E-state index in [4.69, 9.17) is 14.2 Å². The molecule has 0 aliphatic rings. The Balaban J connectivity index is 4.42. The molecule has 0 amide bonds. The smallest absolute Gasteiger partial charge is 0.306 e. The van der Waals surface area contributed by atoms with E-state index in [0.29, 0.717) is 19.3 Å². The first kappa shape index (κ1) is 55.4. The SMILES string of the molecule is CC/C=C\C/C=C\C/C=C\CCCCCCC(=O)OCC(COC(=O)CCCCCCCCCCCCCC)OC(=O)CCCCC/C=C\CCCCCCCCC. The van der Waals surface area contributed by atoms with Crippen molar-refractivity contribution in [2.75, 3.05) is 13.2 Å². The van der Waals surface area contributed by atoms with Gasteiger partial charge in [0, 0.05) is 19.3 Å². The Hall–Kier alpha value is -2.63. The topological polar surface area (TPSA) is 78.9 Å². The molecule has 0 aliphatic heterocycles. The number of ether oxygens (including phenoxy) is 3. The zero-order chi connectivity index (χ0) is 42.3. The standard InChI is InChI=1S/C52H92O6/c1-4-7-10-13-16-19-22-25-27-30-33-36-39-42-45-51(54)57-48-49(47-56-50(53)44-41-38-35-32-29-24-21-18-15-12-9-6-3)58-52(55)46-43-40-37-34-31-28-26-23-20-17-14-11-8-5-2/h7,10,16,19,25,27-28,31,49H,4-6,8-9,11-15,17-18,20-24,26,29-30,32-48H2,1-3H3/b10-7-,19-16-,27-25-,31-28-. The third-order valence-corrected chi connectivity index (χ3v) is 10.6. The van der Waals surface area contributed by atoms with Gasteiger partial charge in [0.1, 0.15) is 13.2 Å². The summed E-state index contributed by atoms with van der Waals surface area (Å²) in [5.74, 6) is -0.920. The van der Waals surface area contributed by atoms with Crippen molar-refractivity contribution in [3.8, 4) is 0 Å². The van der Waals surface area contributed by atoms with Gasteiger partial charge in [-0.05, 0) is 77.0 Å². The molecule has 58 heavy (non-hydrogen) atoms. The van der Waals surface area contributed by atoms with Crippen molar-refractivity contribution in [1.82, 2.24) is 0 Å². The number of hydrogen-bond donors (Lipinski definition) is 0. The highest BCUT2D eigenvalue weighted by Gasteiger charge is 2.19. The summed E-state index contributed by atoms with van der Waals surface area (Å²) in [4.78, 5) is 37.8. The minimum absolute atomic E-state index is 0.0845. The molecule has 0 aliphatic carbocycles. The van der Waals surface area contributed by atoms with Gasteiger partial charge in [0.2, 0.25) is 0 Å². The lowest BCUT2D eigenvalue weighted by molar-refractivity contribution is -0.167. The lowest BCUT2D eigenvalue weighted by Gasteiger charge is -2.18. The number of allylic oxidation sites excluding steroid dienone is 8. The van der Waals surface area contributed by atoms with Crippen molar-refractivity contribution in [3.05, 3.63) is 48.6 Å². The predicted molar refractivity (Wildman–Crippen MR) is 247 cm³/mol. The predicted octanol–water partition coefficient (Wildman–Crippen LogP) is 15.9. The summed E-state index contributed by atoms with van der Waals surface area (Å²) < 4.78 is 16.7. The van der Waals surface area contributed by atoms with E-state index in [0.717, 1.165) is 103 Å². The van der Waals surface area contributed by atoms with Crippen LogP contribution in [0, 0.1) is 0 Å². The molecule has 0 aromatic heterocycles. The van der Waals surface area contributed by atoms with Crippen LogP contribution >= 0.6 is 0 Å². The van der Waals surface area contributed by atoms with E-state index in [9.17, 15) is 14.4 Å². The monoisotopic (exact) mass is 813 g/mol. The van der Waals surface area contributed by atoms with Gasteiger partial charge in [-0.3, -0.25) is 14.4 Å². The average molecular weight is 813 g/mol. The van der Waals surface area contributed by atoms with Crippen molar-refractivity contribution in [2.24, 2.45) is 0 Å². The van der Waals surface area contributed by atoms with Crippen LogP contribution in [0.25, 0.3) is 0 Å². The number of carbonyl (C=O) groups excluding carboxylic acids is 3. The van der Waals surface area contributed by atoms with Crippen molar-refractivity contribution < 1.29 is 28.6 Å². The Morgan fingerprint density at radius 2 is 0.672 bits per heavy atom. The fourth-order valence-electron chi connectivity index (χ4n) is 6.86. The molecule has 6 nitrogen and oxygen atoms in total. The molecule has 0 bridgehead atoms. The molecule has 0 spiro atoms. The van der Waals surface area contributed by atoms with Crippen molar-refractivity contribution in [1.29, 1.82) is 0 Å². The first-order chi connectivity index (χ1) is 28.5. The summed E-state index contributed by atoms with van der Waals surface area (Å²) >= 11 is 0. The van der Waals surface area contributed by atoms with Crippen molar-refractivity contribution in [2.45, 2.75) is 252 Å². The van der Waals surface area contributed by atoms with Crippen LogP contribution in [0.2, 0.25) is 0 Å². The van der Waals surface area contributed by atoms with E-state index in [1.165, 1.54) is 103 Å². The van der Waals surface area contributed by atoms with Gasteiger partial charge in [0.25, 0.3) is 0 Å². The molecule has 0 aromatic carbocycles. The normalized spacial score (nSPS) is 12.4. The highest BCUT2D eigenvalue weighted by molar-refractivity contribution is 5.71. The van der Waals surface area contributed by atoms with E-state index in [2.05, 4.69) is 69.4 Å². The molecule has 336 valence electrons. The van der Waals surface area contributed by atoms with Crippen LogP contribution in [0.5, 0.6) is 0 Å². The minimum Gasteiger partial charge on any atom is -0.462 e. The lowest BCUT2D eigenvalue weighted by atomic mass is 10.0. The summed E-state index contributed by atoms with van der Waals surface area (Å²) in [5, 5.41) is 0. The fraction of sp³-hybridized carbons (Fsp3) is 0.788. The molecule has 1 unspecified atom stereocenters. The molecule has 0 rings (SSSR count). The van der Waals surface area contributed by atoms with Gasteiger partial charge in [-0.15, -0.1) is 0 Å². The lowest BCUT2D eigenvalue weighted by Crippen LogP contribution is -2.30. The molecule has 0 fully saturated rings. The van der Waals surface area contributed by atoms with Gasteiger partial charge in [-0.25, -0.2) is 0 Å². The van der Waals surface area contributed by atoms with E-state index < -0.39 is 6.10 Å². The molecule has 1 atom stereocenters. The molecule has 0 saturated heterocycles. The van der Waals surface area contributed by atoms with Crippen LogP contribution in [0.3, 0.4) is 0 Å². The van der Waals surface area contributed by atoms with Gasteiger partial charge in [0.15, 0.2) is 6.10 Å². The van der Waals surface area contributed by atoms with Crippen LogP contribution in [0.4, 0.5) is 0 Å². The first-order valence-corrected chi connectivity index (χ1v) is 24.6. The average Bonchev–Trinajstić information content (AvgIpc) is 3.22. The Morgan fingerprint density at radius 3 is 1.09 bits per heavy atom. The zero-order valence-corrected chi connectivity index (χ0v) is 38.3. The maximum atomic E-state index is 12.8.